The van der Waals surface area contributed by atoms with Crippen molar-refractivity contribution in [1.82, 2.24) is 0 Å². The molecule has 0 aliphatic carbocycles. The summed E-state index contributed by atoms with van der Waals surface area (Å²) < 4.78 is 19.0. The van der Waals surface area contributed by atoms with Gasteiger partial charge in [0.1, 0.15) is 11.6 Å². The Morgan fingerprint density at radius 3 is 2.77 bits per heavy atom. The van der Waals surface area contributed by atoms with Crippen LogP contribution in [0, 0.1) is 5.82 Å². The Morgan fingerprint density at radius 2 is 2.09 bits per heavy atom. The second kappa shape index (κ2) is 8.94. The van der Waals surface area contributed by atoms with Crippen LogP contribution < -0.4 is 15.8 Å². The first-order chi connectivity index (χ1) is 10.1. The van der Waals surface area contributed by atoms with Gasteiger partial charge in [0.15, 0.2) is 5.96 Å². The van der Waals surface area contributed by atoms with Gasteiger partial charge in [-0.25, -0.2) is 9.38 Å². The van der Waals surface area contributed by atoms with E-state index in [0.717, 1.165) is 17.0 Å². The first-order valence-corrected chi connectivity index (χ1v) is 7.02. The molecule has 0 amide bonds. The highest BCUT2D eigenvalue weighted by atomic mass is 127. The van der Waals surface area contributed by atoms with Gasteiger partial charge >= 0.3 is 0 Å². The second-order valence-corrected chi connectivity index (χ2v) is 5.25. The molecule has 3 N–H and O–H groups in total. The average Bonchev–Trinajstić information content (AvgIpc) is 2.44. The fourth-order valence-electron chi connectivity index (χ4n) is 1.77. The van der Waals surface area contributed by atoms with Gasteiger partial charge in [0.2, 0.25) is 0 Å². The van der Waals surface area contributed by atoms with Gasteiger partial charge in [0.25, 0.3) is 0 Å². The van der Waals surface area contributed by atoms with Crippen LogP contribution in [0.4, 0.5) is 10.1 Å². The fraction of sp³-hybridized carbons (Fsp3) is 0.133. The van der Waals surface area contributed by atoms with Gasteiger partial charge in [-0.2, -0.15) is 0 Å². The number of benzene rings is 2. The lowest BCUT2D eigenvalue weighted by molar-refractivity contribution is 0.415. The minimum Gasteiger partial charge on any atom is -0.497 e. The van der Waals surface area contributed by atoms with E-state index in [2.05, 4.69) is 26.2 Å². The van der Waals surface area contributed by atoms with E-state index < -0.39 is 0 Å². The van der Waals surface area contributed by atoms with Gasteiger partial charge in [-0.3, -0.25) is 0 Å². The normalized spacial score (nSPS) is 10.8. The third kappa shape index (κ3) is 5.80. The molecule has 22 heavy (non-hydrogen) atoms. The van der Waals surface area contributed by atoms with Crippen molar-refractivity contribution in [2.45, 2.75) is 6.54 Å². The summed E-state index contributed by atoms with van der Waals surface area (Å²) in [7, 11) is 1.60. The van der Waals surface area contributed by atoms with Crippen LogP contribution in [0.2, 0.25) is 0 Å². The predicted molar refractivity (Wildman–Crippen MR) is 101 cm³/mol. The zero-order valence-corrected chi connectivity index (χ0v) is 15.8. The molecule has 0 unspecified atom stereocenters. The third-order valence-corrected chi connectivity index (χ3v) is 3.15. The van der Waals surface area contributed by atoms with Crippen molar-refractivity contribution in [1.29, 1.82) is 0 Å². The maximum atomic E-state index is 13.2. The largest absolute Gasteiger partial charge is 0.497 e. The van der Waals surface area contributed by atoms with Gasteiger partial charge in [0, 0.05) is 16.2 Å². The van der Waals surface area contributed by atoms with Gasteiger partial charge in [-0.05, 0) is 35.9 Å². The quantitative estimate of drug-likeness (QED) is 0.393. The molecule has 118 valence electrons. The monoisotopic (exact) mass is 479 g/mol. The number of rotatable bonds is 4. The Kier molecular flexibility index (Phi) is 7.60. The molecular weight excluding hydrogens is 464 g/mol. The van der Waals surface area contributed by atoms with E-state index in [1.807, 2.05) is 18.2 Å². The Morgan fingerprint density at radius 1 is 1.32 bits per heavy atom. The number of aliphatic imine (C=N–C) groups is 1. The number of ether oxygens (including phenoxy) is 1. The molecule has 2 aromatic rings. The van der Waals surface area contributed by atoms with Crippen LogP contribution in [0.3, 0.4) is 0 Å². The van der Waals surface area contributed by atoms with Crippen LogP contribution in [0.25, 0.3) is 0 Å². The molecule has 0 fully saturated rings. The summed E-state index contributed by atoms with van der Waals surface area (Å²) in [5.41, 5.74) is 7.32. The number of nitrogens with two attached hydrogens (primary N) is 1. The number of anilines is 1. The topological polar surface area (TPSA) is 59.6 Å². The molecule has 0 heterocycles. The van der Waals surface area contributed by atoms with Crippen LogP contribution in [0.5, 0.6) is 5.75 Å². The number of nitrogens with one attached hydrogen (secondary N) is 1. The lowest BCUT2D eigenvalue weighted by Gasteiger charge is -2.07. The maximum Gasteiger partial charge on any atom is 0.193 e. The zero-order chi connectivity index (χ0) is 15.2. The first kappa shape index (κ1) is 18.7. The molecule has 2 aromatic carbocycles. The molecule has 0 aliphatic rings. The van der Waals surface area contributed by atoms with E-state index in [-0.39, 0.29) is 35.8 Å². The van der Waals surface area contributed by atoms with Crippen molar-refractivity contribution in [2.24, 2.45) is 10.7 Å². The van der Waals surface area contributed by atoms with Crippen LogP contribution in [-0.2, 0) is 6.54 Å². The molecular formula is C15H16BrFIN3O. The molecule has 4 nitrogen and oxygen atoms in total. The minimum absolute atomic E-state index is 0. The molecule has 0 radical (unpaired) electrons. The Bertz CT molecular complexity index is 647. The number of nitrogens with zero attached hydrogens (tertiary/aromatic N) is 1. The summed E-state index contributed by atoms with van der Waals surface area (Å²) in [6.45, 7) is 0.291. The smallest absolute Gasteiger partial charge is 0.193 e. The summed E-state index contributed by atoms with van der Waals surface area (Å²) >= 11 is 3.24. The Labute approximate surface area is 154 Å². The molecule has 0 aromatic heterocycles. The van der Waals surface area contributed by atoms with E-state index in [1.165, 1.54) is 12.1 Å². The summed E-state index contributed by atoms with van der Waals surface area (Å²) in [6.07, 6.45) is 0. The van der Waals surface area contributed by atoms with Gasteiger partial charge in [-0.15, -0.1) is 24.0 Å². The van der Waals surface area contributed by atoms with Crippen molar-refractivity contribution >= 4 is 51.6 Å². The molecule has 0 spiro atoms. The van der Waals surface area contributed by atoms with Gasteiger partial charge in [0.05, 0.1) is 13.7 Å². The van der Waals surface area contributed by atoms with Gasteiger partial charge < -0.3 is 15.8 Å². The molecule has 0 atom stereocenters. The molecule has 0 aliphatic heterocycles. The van der Waals surface area contributed by atoms with E-state index in [9.17, 15) is 4.39 Å². The SMILES string of the molecule is COc1cccc(NC(N)=NCc2cc(F)cc(Br)c2)c1.I. The van der Waals surface area contributed by atoms with Crippen molar-refractivity contribution in [2.75, 3.05) is 12.4 Å². The van der Waals surface area contributed by atoms with Crippen molar-refractivity contribution < 1.29 is 9.13 Å². The summed E-state index contributed by atoms with van der Waals surface area (Å²) in [6, 6.07) is 12.0. The maximum absolute atomic E-state index is 13.2. The fourth-order valence-corrected chi connectivity index (χ4v) is 2.28. The molecule has 2 rings (SSSR count). The molecule has 7 heteroatoms. The highest BCUT2D eigenvalue weighted by Crippen LogP contribution is 2.17. The summed E-state index contributed by atoms with van der Waals surface area (Å²) in [5, 5.41) is 2.96. The van der Waals surface area contributed by atoms with E-state index in [1.54, 1.807) is 19.2 Å². The van der Waals surface area contributed by atoms with Crippen LogP contribution in [0.1, 0.15) is 5.56 Å². The Balaban J connectivity index is 0.00000242. The zero-order valence-electron chi connectivity index (χ0n) is 11.8. The standard InChI is InChI=1S/C15H15BrFN3O.HI/c1-21-14-4-2-3-13(8-14)20-15(18)19-9-10-5-11(16)7-12(17)6-10;/h2-8H,9H2,1H3,(H3,18,19,20);1H. The number of hydrogen-bond acceptors (Lipinski definition) is 2. The van der Waals surface area contributed by atoms with E-state index >= 15 is 0 Å². The highest BCUT2D eigenvalue weighted by molar-refractivity contribution is 14.0. The summed E-state index contributed by atoms with van der Waals surface area (Å²) in [4.78, 5) is 4.18. The highest BCUT2D eigenvalue weighted by Gasteiger charge is 2.00. The third-order valence-electron chi connectivity index (χ3n) is 2.70. The van der Waals surface area contributed by atoms with E-state index in [4.69, 9.17) is 10.5 Å². The van der Waals surface area contributed by atoms with E-state index in [0.29, 0.717) is 11.0 Å². The number of hydrogen-bond donors (Lipinski definition) is 2. The summed E-state index contributed by atoms with van der Waals surface area (Å²) in [5.74, 6) is 0.666. The predicted octanol–water partition coefficient (Wildman–Crippen LogP) is 4.14. The molecule has 0 bridgehead atoms. The molecule has 0 saturated carbocycles. The Hall–Kier alpha value is -1.35. The average molecular weight is 480 g/mol. The van der Waals surface area contributed by atoms with Crippen LogP contribution in [-0.4, -0.2) is 13.1 Å². The number of guanidine groups is 1. The number of methoxy groups -OCH3 is 1. The lowest BCUT2D eigenvalue weighted by atomic mass is 10.2. The van der Waals surface area contributed by atoms with Crippen LogP contribution >= 0.6 is 39.9 Å². The first-order valence-electron chi connectivity index (χ1n) is 6.23. The lowest BCUT2D eigenvalue weighted by Crippen LogP contribution is -2.22. The van der Waals surface area contributed by atoms with Crippen molar-refractivity contribution in [3.05, 3.63) is 58.3 Å². The van der Waals surface area contributed by atoms with Crippen molar-refractivity contribution in [3.63, 3.8) is 0 Å². The number of halogens is 3. The second-order valence-electron chi connectivity index (χ2n) is 4.34. The van der Waals surface area contributed by atoms with Gasteiger partial charge in [-0.1, -0.05) is 22.0 Å². The van der Waals surface area contributed by atoms with Crippen molar-refractivity contribution in [3.8, 4) is 5.75 Å². The molecule has 0 saturated heterocycles. The minimum atomic E-state index is -0.311. The van der Waals surface area contributed by atoms with Crippen LogP contribution in [0.15, 0.2) is 51.9 Å².